The van der Waals surface area contributed by atoms with Crippen LogP contribution in [0.1, 0.15) is 34.5 Å². The molecule has 1 N–H and O–H groups in total. The number of carbonyl (C=O) groups excluding carboxylic acids is 2. The largest absolute Gasteiger partial charge is 0.507 e. The van der Waals surface area contributed by atoms with Crippen molar-refractivity contribution in [3.8, 4) is 11.8 Å². The third kappa shape index (κ3) is 3.66. The number of benzene rings is 2. The highest BCUT2D eigenvalue weighted by Crippen LogP contribution is 2.43. The summed E-state index contributed by atoms with van der Waals surface area (Å²) in [6, 6.07) is 16.5. The van der Waals surface area contributed by atoms with Crippen LogP contribution in [0.4, 0.5) is 5.69 Å². The maximum Gasteiger partial charge on any atom is 0.300 e. The Balaban J connectivity index is 1.86. The molecule has 0 aliphatic carbocycles. The molecule has 2 heterocycles. The molecule has 6 nitrogen and oxygen atoms in total. The topological polar surface area (TPSA) is 90.6 Å². The summed E-state index contributed by atoms with van der Waals surface area (Å²) in [6.45, 7) is 4.26. The Morgan fingerprint density at radius 3 is 2.53 bits per heavy atom. The monoisotopic (exact) mass is 444 g/mol. The van der Waals surface area contributed by atoms with Crippen LogP contribution in [0.5, 0.6) is 5.75 Å². The van der Waals surface area contributed by atoms with Gasteiger partial charge in [-0.1, -0.05) is 6.07 Å². The number of amides is 1. The van der Waals surface area contributed by atoms with Crippen molar-refractivity contribution in [3.05, 3.63) is 87.1 Å². The van der Waals surface area contributed by atoms with Gasteiger partial charge < -0.3 is 9.84 Å². The highest BCUT2D eigenvalue weighted by atomic mass is 32.1. The fraction of sp³-hybridized carbons (Fsp3) is 0.160. The maximum absolute atomic E-state index is 13.1. The normalized spacial score (nSPS) is 17.4. The molecule has 1 saturated heterocycles. The fourth-order valence-electron chi connectivity index (χ4n) is 3.78. The molecule has 1 aliphatic rings. The van der Waals surface area contributed by atoms with Crippen molar-refractivity contribution in [1.82, 2.24) is 0 Å². The predicted octanol–water partition coefficient (Wildman–Crippen LogP) is 4.95. The second-order valence-electron chi connectivity index (χ2n) is 7.26. The molecule has 160 valence electrons. The average molecular weight is 445 g/mol. The standard InChI is InChI=1S/C25H20N2O4S/c1-3-31-19-11-8-17(13-15(19)2)23(28)21-22(20-5-4-12-32-20)27(25(30)24(21)29)18-9-6-16(14-26)7-10-18/h4-13,22,28H,3H2,1-2H3/b23-21-. The van der Waals surface area contributed by atoms with Crippen molar-refractivity contribution >= 4 is 34.5 Å². The smallest absolute Gasteiger partial charge is 0.300 e. The lowest BCUT2D eigenvalue weighted by Gasteiger charge is -2.24. The molecule has 2 aromatic carbocycles. The van der Waals surface area contributed by atoms with E-state index >= 15 is 0 Å². The number of Topliss-reactive ketones (excluding diaryl/α,β-unsaturated/α-hetero) is 1. The molecule has 0 spiro atoms. The minimum atomic E-state index is -0.769. The van der Waals surface area contributed by atoms with Crippen molar-refractivity contribution in [2.24, 2.45) is 0 Å². The van der Waals surface area contributed by atoms with Crippen LogP contribution >= 0.6 is 11.3 Å². The molecule has 32 heavy (non-hydrogen) atoms. The molecule has 0 bridgehead atoms. The van der Waals surface area contributed by atoms with E-state index in [2.05, 4.69) is 0 Å². The molecule has 1 unspecified atom stereocenters. The zero-order valence-electron chi connectivity index (χ0n) is 17.5. The van der Waals surface area contributed by atoms with E-state index in [-0.39, 0.29) is 11.3 Å². The fourth-order valence-corrected chi connectivity index (χ4v) is 4.60. The molecular weight excluding hydrogens is 424 g/mol. The van der Waals surface area contributed by atoms with Gasteiger partial charge in [-0.3, -0.25) is 14.5 Å². The van der Waals surface area contributed by atoms with Crippen molar-refractivity contribution in [2.45, 2.75) is 19.9 Å². The van der Waals surface area contributed by atoms with Crippen molar-refractivity contribution in [2.75, 3.05) is 11.5 Å². The van der Waals surface area contributed by atoms with Gasteiger partial charge in [0.1, 0.15) is 17.6 Å². The van der Waals surface area contributed by atoms with Gasteiger partial charge in [-0.2, -0.15) is 5.26 Å². The Labute approximate surface area is 189 Å². The van der Waals surface area contributed by atoms with Gasteiger partial charge in [-0.25, -0.2) is 0 Å². The number of rotatable bonds is 5. The van der Waals surface area contributed by atoms with E-state index < -0.39 is 17.7 Å². The van der Waals surface area contributed by atoms with Crippen LogP contribution < -0.4 is 9.64 Å². The number of thiophene rings is 1. The first-order chi connectivity index (χ1) is 15.5. The minimum absolute atomic E-state index is 0.0327. The number of aryl methyl sites for hydroxylation is 1. The molecule has 1 fully saturated rings. The van der Waals surface area contributed by atoms with Gasteiger partial charge in [0, 0.05) is 16.1 Å². The first-order valence-electron chi connectivity index (χ1n) is 10.0. The first kappa shape index (κ1) is 21.3. The number of carbonyl (C=O) groups is 2. The summed E-state index contributed by atoms with van der Waals surface area (Å²) < 4.78 is 5.56. The van der Waals surface area contributed by atoms with Gasteiger partial charge >= 0.3 is 0 Å². The van der Waals surface area contributed by atoms with Crippen LogP contribution in [-0.4, -0.2) is 23.4 Å². The van der Waals surface area contributed by atoms with Crippen LogP contribution in [0.2, 0.25) is 0 Å². The van der Waals surface area contributed by atoms with E-state index in [1.54, 1.807) is 42.5 Å². The Bertz CT molecular complexity index is 1250. The van der Waals surface area contributed by atoms with E-state index in [1.165, 1.54) is 16.2 Å². The van der Waals surface area contributed by atoms with E-state index in [0.717, 1.165) is 10.4 Å². The van der Waals surface area contributed by atoms with Gasteiger partial charge in [0.15, 0.2) is 0 Å². The third-order valence-electron chi connectivity index (χ3n) is 5.28. The SMILES string of the molecule is CCOc1ccc(/C(O)=C2/C(=O)C(=O)N(c3ccc(C#N)cc3)C2c2cccs2)cc1C. The van der Waals surface area contributed by atoms with Crippen LogP contribution in [0.25, 0.3) is 5.76 Å². The summed E-state index contributed by atoms with van der Waals surface area (Å²) in [5, 5.41) is 22.1. The van der Waals surface area contributed by atoms with Crippen LogP contribution in [0, 0.1) is 18.3 Å². The summed E-state index contributed by atoms with van der Waals surface area (Å²) in [5.41, 5.74) is 2.20. The zero-order chi connectivity index (χ0) is 22.8. The lowest BCUT2D eigenvalue weighted by molar-refractivity contribution is -0.132. The second-order valence-corrected chi connectivity index (χ2v) is 8.24. The summed E-state index contributed by atoms with van der Waals surface area (Å²) in [7, 11) is 0. The van der Waals surface area contributed by atoms with Crippen molar-refractivity contribution in [1.29, 1.82) is 5.26 Å². The lowest BCUT2D eigenvalue weighted by atomic mass is 9.98. The highest BCUT2D eigenvalue weighted by Gasteiger charge is 2.47. The number of ether oxygens (including phenoxy) is 1. The molecule has 0 radical (unpaired) electrons. The Hall–Kier alpha value is -3.89. The van der Waals surface area contributed by atoms with Gasteiger partial charge in [-0.15, -0.1) is 11.3 Å². The third-order valence-corrected chi connectivity index (χ3v) is 6.20. The van der Waals surface area contributed by atoms with E-state index in [0.29, 0.717) is 29.2 Å². The Kier molecular flexibility index (Phi) is 5.80. The van der Waals surface area contributed by atoms with Crippen LogP contribution in [0.15, 0.2) is 65.6 Å². The summed E-state index contributed by atoms with van der Waals surface area (Å²) in [6.07, 6.45) is 0. The molecule has 1 aromatic heterocycles. The highest BCUT2D eigenvalue weighted by molar-refractivity contribution is 7.10. The number of anilines is 1. The van der Waals surface area contributed by atoms with Crippen LogP contribution in [-0.2, 0) is 9.59 Å². The van der Waals surface area contributed by atoms with E-state index in [9.17, 15) is 14.7 Å². The van der Waals surface area contributed by atoms with Gasteiger partial charge in [0.25, 0.3) is 11.7 Å². The van der Waals surface area contributed by atoms with Crippen molar-refractivity contribution in [3.63, 3.8) is 0 Å². The molecular formula is C25H20N2O4S. The number of nitriles is 1. The molecule has 7 heteroatoms. The average Bonchev–Trinajstić information content (AvgIpc) is 3.42. The molecule has 1 atom stereocenters. The minimum Gasteiger partial charge on any atom is -0.507 e. The molecule has 1 aliphatic heterocycles. The summed E-state index contributed by atoms with van der Waals surface area (Å²) in [5.74, 6) is -1.02. The number of aliphatic hydroxyl groups is 1. The number of aliphatic hydroxyl groups excluding tert-OH is 1. The first-order valence-corrected chi connectivity index (χ1v) is 10.9. The quantitative estimate of drug-likeness (QED) is 0.341. The molecule has 3 aromatic rings. The Morgan fingerprint density at radius 2 is 1.94 bits per heavy atom. The Morgan fingerprint density at radius 1 is 1.19 bits per heavy atom. The molecule has 0 saturated carbocycles. The maximum atomic E-state index is 13.1. The number of hydrogen-bond donors (Lipinski definition) is 1. The predicted molar refractivity (Wildman–Crippen MR) is 123 cm³/mol. The summed E-state index contributed by atoms with van der Waals surface area (Å²) >= 11 is 1.40. The lowest BCUT2D eigenvalue weighted by Crippen LogP contribution is -2.29. The van der Waals surface area contributed by atoms with E-state index in [4.69, 9.17) is 10.00 Å². The van der Waals surface area contributed by atoms with Gasteiger partial charge in [0.05, 0.1) is 23.8 Å². The molecule has 1 amide bonds. The number of ketones is 1. The number of nitrogens with zero attached hydrogens (tertiary/aromatic N) is 2. The zero-order valence-corrected chi connectivity index (χ0v) is 18.3. The van der Waals surface area contributed by atoms with Crippen molar-refractivity contribution < 1.29 is 19.4 Å². The second kappa shape index (κ2) is 8.69. The van der Waals surface area contributed by atoms with E-state index in [1.807, 2.05) is 37.4 Å². The molecule has 4 rings (SSSR count). The number of hydrogen-bond acceptors (Lipinski definition) is 6. The van der Waals surface area contributed by atoms with Gasteiger partial charge in [0.2, 0.25) is 0 Å². The summed E-state index contributed by atoms with van der Waals surface area (Å²) in [4.78, 5) is 28.3. The van der Waals surface area contributed by atoms with Crippen LogP contribution in [0.3, 0.4) is 0 Å². The van der Waals surface area contributed by atoms with Gasteiger partial charge in [-0.05, 0) is 73.3 Å².